The van der Waals surface area contributed by atoms with Crippen LogP contribution in [0.3, 0.4) is 0 Å². The Morgan fingerprint density at radius 1 is 1.43 bits per heavy atom. The molecule has 0 aromatic rings. The maximum Gasteiger partial charge on any atom is 0.133 e. The van der Waals surface area contributed by atoms with Gasteiger partial charge in [0.2, 0.25) is 0 Å². The van der Waals surface area contributed by atoms with Crippen LogP contribution in [0.25, 0.3) is 0 Å². The number of rotatable bonds is 1. The van der Waals surface area contributed by atoms with Crippen molar-refractivity contribution in [2.45, 2.75) is 51.4 Å². The third-order valence-electron chi connectivity index (χ3n) is 4.12. The maximum atomic E-state index is 11.5. The van der Waals surface area contributed by atoms with Gasteiger partial charge in [-0.25, -0.2) is 0 Å². The van der Waals surface area contributed by atoms with Crippen molar-refractivity contribution in [2.24, 2.45) is 11.3 Å². The molecule has 14 heavy (non-hydrogen) atoms. The average Bonchev–Trinajstić information content (AvgIpc) is 2.17. The highest BCUT2D eigenvalue weighted by Crippen LogP contribution is 2.51. The molecule has 76 valence electrons. The first kappa shape index (κ1) is 9.77. The van der Waals surface area contributed by atoms with Crippen molar-refractivity contribution >= 4 is 5.78 Å². The van der Waals surface area contributed by atoms with Gasteiger partial charge in [0, 0.05) is 19.3 Å². The predicted molar refractivity (Wildman–Crippen MR) is 56.7 cm³/mol. The minimum atomic E-state index is 0.211. The van der Waals surface area contributed by atoms with Crippen molar-refractivity contribution in [2.75, 3.05) is 0 Å². The lowest BCUT2D eigenvalue weighted by atomic mass is 9.58. The molecule has 2 fully saturated rings. The Morgan fingerprint density at radius 2 is 2.29 bits per heavy atom. The summed E-state index contributed by atoms with van der Waals surface area (Å²) in [7, 11) is 0. The highest BCUT2D eigenvalue weighted by atomic mass is 16.1. The van der Waals surface area contributed by atoms with Crippen LogP contribution in [0.2, 0.25) is 0 Å². The van der Waals surface area contributed by atoms with Gasteiger partial charge < -0.3 is 0 Å². The van der Waals surface area contributed by atoms with E-state index in [0.717, 1.165) is 31.6 Å². The number of carbonyl (C=O) groups is 1. The van der Waals surface area contributed by atoms with E-state index in [0.29, 0.717) is 5.78 Å². The Balaban J connectivity index is 2.19. The fourth-order valence-electron chi connectivity index (χ4n) is 3.38. The average molecular weight is 190 g/mol. The topological polar surface area (TPSA) is 17.1 Å². The zero-order valence-electron chi connectivity index (χ0n) is 8.72. The van der Waals surface area contributed by atoms with Crippen molar-refractivity contribution in [3.63, 3.8) is 0 Å². The molecule has 0 aromatic heterocycles. The summed E-state index contributed by atoms with van der Waals surface area (Å²) in [6.45, 7) is 0. The quantitative estimate of drug-likeness (QED) is 0.581. The molecule has 1 heteroatoms. The van der Waals surface area contributed by atoms with Gasteiger partial charge in [-0.15, -0.1) is 12.3 Å². The third kappa shape index (κ3) is 1.59. The monoisotopic (exact) mass is 190 g/mol. The molecule has 0 saturated heterocycles. The first-order valence-electron chi connectivity index (χ1n) is 5.72. The van der Waals surface area contributed by atoms with Crippen LogP contribution >= 0.6 is 0 Å². The van der Waals surface area contributed by atoms with Crippen LogP contribution in [-0.4, -0.2) is 5.78 Å². The summed E-state index contributed by atoms with van der Waals surface area (Å²) in [6, 6.07) is 0. The van der Waals surface area contributed by atoms with E-state index in [9.17, 15) is 4.79 Å². The number of fused-ring (bicyclic) bond motifs is 1. The van der Waals surface area contributed by atoms with Gasteiger partial charge in [-0.2, -0.15) is 0 Å². The third-order valence-corrected chi connectivity index (χ3v) is 4.12. The van der Waals surface area contributed by atoms with Crippen molar-refractivity contribution < 1.29 is 4.79 Å². The van der Waals surface area contributed by atoms with E-state index in [1.165, 1.54) is 25.7 Å². The minimum absolute atomic E-state index is 0.211. The lowest BCUT2D eigenvalue weighted by molar-refractivity contribution is -0.127. The van der Waals surface area contributed by atoms with Gasteiger partial charge >= 0.3 is 0 Å². The lowest BCUT2D eigenvalue weighted by Crippen LogP contribution is -2.39. The van der Waals surface area contributed by atoms with Gasteiger partial charge in [0.05, 0.1) is 0 Å². The van der Waals surface area contributed by atoms with Crippen LogP contribution < -0.4 is 0 Å². The first-order chi connectivity index (χ1) is 6.77. The molecule has 0 amide bonds. The van der Waals surface area contributed by atoms with Crippen LogP contribution in [-0.2, 0) is 4.79 Å². The van der Waals surface area contributed by atoms with Crippen LogP contribution in [0.1, 0.15) is 51.4 Å². The molecule has 0 spiro atoms. The van der Waals surface area contributed by atoms with Gasteiger partial charge in [-0.1, -0.05) is 12.8 Å². The Labute approximate surface area is 86.3 Å². The highest BCUT2D eigenvalue weighted by Gasteiger charge is 2.43. The SMILES string of the molecule is C#CC[C@@]12CCCC[C@@H]1CCC(=O)C2. The van der Waals surface area contributed by atoms with Crippen LogP contribution in [0.4, 0.5) is 0 Å². The van der Waals surface area contributed by atoms with Crippen LogP contribution in [0.5, 0.6) is 0 Å². The molecule has 0 N–H and O–H groups in total. The van der Waals surface area contributed by atoms with Gasteiger partial charge in [0.25, 0.3) is 0 Å². The number of Topliss-reactive ketones (excluding diaryl/α,β-unsaturated/α-hetero) is 1. The van der Waals surface area contributed by atoms with Gasteiger partial charge in [0.15, 0.2) is 0 Å². The molecular formula is C13H18O. The molecule has 0 bridgehead atoms. The Hall–Kier alpha value is -0.770. The Morgan fingerprint density at radius 3 is 3.07 bits per heavy atom. The number of ketones is 1. The zero-order chi connectivity index (χ0) is 10.0. The van der Waals surface area contributed by atoms with Crippen LogP contribution in [0.15, 0.2) is 0 Å². The summed E-state index contributed by atoms with van der Waals surface area (Å²) < 4.78 is 0. The van der Waals surface area contributed by atoms with E-state index in [2.05, 4.69) is 5.92 Å². The molecule has 2 aliphatic carbocycles. The molecule has 2 saturated carbocycles. The molecule has 2 aliphatic rings. The number of hydrogen-bond donors (Lipinski definition) is 0. The number of terminal acetylenes is 1. The summed E-state index contributed by atoms with van der Waals surface area (Å²) in [4.78, 5) is 11.5. The maximum absolute atomic E-state index is 11.5. The van der Waals surface area contributed by atoms with E-state index in [1.54, 1.807) is 0 Å². The number of carbonyl (C=O) groups excluding carboxylic acids is 1. The zero-order valence-corrected chi connectivity index (χ0v) is 8.72. The van der Waals surface area contributed by atoms with E-state index < -0.39 is 0 Å². The Kier molecular flexibility index (Phi) is 2.63. The second kappa shape index (κ2) is 3.77. The number of hydrogen-bond acceptors (Lipinski definition) is 1. The normalized spacial score (nSPS) is 37.4. The summed E-state index contributed by atoms with van der Waals surface area (Å²) in [5, 5.41) is 0. The minimum Gasteiger partial charge on any atom is -0.300 e. The fraction of sp³-hybridized carbons (Fsp3) is 0.769. The molecule has 0 unspecified atom stereocenters. The molecule has 2 rings (SSSR count). The van der Waals surface area contributed by atoms with Crippen molar-refractivity contribution in [1.29, 1.82) is 0 Å². The van der Waals surface area contributed by atoms with E-state index >= 15 is 0 Å². The van der Waals surface area contributed by atoms with Gasteiger partial charge in [-0.3, -0.25) is 4.79 Å². The second-order valence-electron chi connectivity index (χ2n) is 4.94. The summed E-state index contributed by atoms with van der Waals surface area (Å²) in [5.74, 6) is 3.98. The van der Waals surface area contributed by atoms with Crippen molar-refractivity contribution in [3.05, 3.63) is 0 Å². The Bertz CT molecular complexity index is 273. The molecule has 0 heterocycles. The van der Waals surface area contributed by atoms with Crippen molar-refractivity contribution in [1.82, 2.24) is 0 Å². The molecule has 1 nitrogen and oxygen atoms in total. The van der Waals surface area contributed by atoms with Crippen molar-refractivity contribution in [3.8, 4) is 12.3 Å². The van der Waals surface area contributed by atoms with E-state index in [4.69, 9.17) is 6.42 Å². The van der Waals surface area contributed by atoms with Gasteiger partial charge in [-0.05, 0) is 30.6 Å². The molecule has 0 aliphatic heterocycles. The summed E-state index contributed by atoms with van der Waals surface area (Å²) in [6.07, 6.45) is 14.0. The first-order valence-corrected chi connectivity index (χ1v) is 5.72. The van der Waals surface area contributed by atoms with Crippen LogP contribution in [0, 0.1) is 23.7 Å². The second-order valence-corrected chi connectivity index (χ2v) is 4.94. The fourth-order valence-corrected chi connectivity index (χ4v) is 3.38. The molecular weight excluding hydrogens is 172 g/mol. The smallest absolute Gasteiger partial charge is 0.133 e. The summed E-state index contributed by atoms with van der Waals surface area (Å²) >= 11 is 0. The lowest BCUT2D eigenvalue weighted by Gasteiger charge is -2.46. The molecule has 0 radical (unpaired) electrons. The predicted octanol–water partition coefficient (Wildman–Crippen LogP) is 2.94. The molecule has 0 aromatic carbocycles. The van der Waals surface area contributed by atoms with E-state index in [-0.39, 0.29) is 5.41 Å². The largest absolute Gasteiger partial charge is 0.300 e. The molecule has 2 atom stereocenters. The van der Waals surface area contributed by atoms with E-state index in [1.807, 2.05) is 0 Å². The summed E-state index contributed by atoms with van der Waals surface area (Å²) in [5.41, 5.74) is 0.211. The standard InChI is InChI=1S/C13H18O/c1-2-8-13-9-4-3-5-11(13)6-7-12(14)10-13/h1,11H,3-10H2/t11-,13+/m1/s1. The van der Waals surface area contributed by atoms with Gasteiger partial charge in [0.1, 0.15) is 5.78 Å². The highest BCUT2D eigenvalue weighted by molar-refractivity contribution is 5.80.